The molecule has 0 aromatic rings. The summed E-state index contributed by atoms with van der Waals surface area (Å²) in [6.45, 7) is 2.17. The third-order valence-corrected chi connectivity index (χ3v) is 5.29. The second-order valence-corrected chi connectivity index (χ2v) is 7.63. The first kappa shape index (κ1) is 21.6. The van der Waals surface area contributed by atoms with Crippen molar-refractivity contribution in [2.75, 3.05) is 6.61 Å². The fraction of sp³-hybridized carbons (Fsp3) is 0.625. The van der Waals surface area contributed by atoms with Gasteiger partial charge in [-0.25, -0.2) is 26.0 Å². The summed E-state index contributed by atoms with van der Waals surface area (Å²) < 4.78 is 122. The molecule has 0 aromatic heterocycles. The molecular formula is C8H9F6NO6S2. The van der Waals surface area contributed by atoms with Crippen LogP contribution in [0.2, 0.25) is 0 Å². The van der Waals surface area contributed by atoms with E-state index in [0.717, 1.165) is 6.92 Å². The SMILES string of the molecule is C=C(C)C(=O)OCC(F)C(F)(F)S(=O)(=O)NS(=O)(=O)C(F)(F)F. The van der Waals surface area contributed by atoms with Gasteiger partial charge in [-0.15, -0.1) is 0 Å². The van der Waals surface area contributed by atoms with E-state index in [0.29, 0.717) is 0 Å². The van der Waals surface area contributed by atoms with E-state index in [1.54, 1.807) is 0 Å². The van der Waals surface area contributed by atoms with E-state index in [1.807, 2.05) is 0 Å². The summed E-state index contributed by atoms with van der Waals surface area (Å²) in [6, 6.07) is 0. The number of ether oxygens (including phenoxy) is 1. The van der Waals surface area contributed by atoms with Crippen molar-refractivity contribution in [1.29, 1.82) is 0 Å². The monoisotopic (exact) mass is 393 g/mol. The van der Waals surface area contributed by atoms with Crippen LogP contribution in [0.15, 0.2) is 12.2 Å². The van der Waals surface area contributed by atoms with Gasteiger partial charge in [-0.2, -0.15) is 22.0 Å². The van der Waals surface area contributed by atoms with Crippen LogP contribution in [-0.4, -0.2) is 46.3 Å². The number of hydrogen-bond donors (Lipinski definition) is 1. The van der Waals surface area contributed by atoms with Crippen LogP contribution in [0, 0.1) is 0 Å². The van der Waals surface area contributed by atoms with Crippen molar-refractivity contribution in [3.63, 3.8) is 0 Å². The Kier molecular flexibility index (Phi) is 6.25. The second kappa shape index (κ2) is 6.64. The highest BCUT2D eigenvalue weighted by Crippen LogP contribution is 2.31. The van der Waals surface area contributed by atoms with Crippen LogP contribution in [0.5, 0.6) is 0 Å². The Labute approximate surface area is 126 Å². The molecule has 0 bridgehead atoms. The maximum atomic E-state index is 13.3. The minimum Gasteiger partial charge on any atom is -0.459 e. The quantitative estimate of drug-likeness (QED) is 0.390. The Hall–Kier alpha value is -1.35. The predicted octanol–water partition coefficient (Wildman–Crippen LogP) is 0.806. The molecule has 1 unspecified atom stereocenters. The molecule has 0 aliphatic heterocycles. The summed E-state index contributed by atoms with van der Waals surface area (Å²) in [5.74, 6) is -1.38. The highest BCUT2D eigenvalue weighted by Gasteiger charge is 2.59. The largest absolute Gasteiger partial charge is 0.512 e. The fourth-order valence-corrected chi connectivity index (χ4v) is 3.17. The molecule has 1 N–H and O–H groups in total. The third-order valence-electron chi connectivity index (χ3n) is 1.96. The molecule has 0 saturated carbocycles. The molecular weight excluding hydrogens is 384 g/mol. The van der Waals surface area contributed by atoms with Crippen molar-refractivity contribution in [2.24, 2.45) is 0 Å². The molecule has 0 aliphatic carbocycles. The van der Waals surface area contributed by atoms with Gasteiger partial charge in [0.05, 0.1) is 0 Å². The molecule has 7 nitrogen and oxygen atoms in total. The third kappa shape index (κ3) is 5.07. The molecule has 15 heteroatoms. The number of hydrogen-bond acceptors (Lipinski definition) is 6. The first-order chi connectivity index (χ1) is 9.96. The first-order valence-electron chi connectivity index (χ1n) is 5.14. The number of carbonyl (C=O) groups excluding carboxylic acids is 1. The Balaban J connectivity index is 5.32. The smallest absolute Gasteiger partial charge is 0.459 e. The highest BCUT2D eigenvalue weighted by molar-refractivity contribution is 8.05. The lowest BCUT2D eigenvalue weighted by Crippen LogP contribution is -2.52. The van der Waals surface area contributed by atoms with Crippen molar-refractivity contribution in [1.82, 2.24) is 4.13 Å². The molecule has 0 rings (SSSR count). The first-order valence-corrected chi connectivity index (χ1v) is 8.11. The topological polar surface area (TPSA) is 107 Å². The van der Waals surface area contributed by atoms with Crippen molar-refractivity contribution >= 4 is 26.0 Å². The predicted molar refractivity (Wildman–Crippen MR) is 62.6 cm³/mol. The molecule has 0 amide bonds. The standard InChI is InChI=1S/C8H9F6NO6S2/c1-4(2)6(16)21-3-5(9)7(10,11)22(17,18)15-23(19,20)8(12,13)14/h5,15H,1,3H2,2H3. The Morgan fingerprint density at radius 2 is 1.57 bits per heavy atom. The maximum absolute atomic E-state index is 13.3. The average Bonchev–Trinajstić information content (AvgIpc) is 2.32. The minimum atomic E-state index is -6.72. The van der Waals surface area contributed by atoms with Gasteiger partial charge in [-0.05, 0) is 6.92 Å². The average molecular weight is 393 g/mol. The second-order valence-electron chi connectivity index (χ2n) is 3.94. The molecule has 0 aliphatic rings. The van der Waals surface area contributed by atoms with E-state index in [-0.39, 0.29) is 9.70 Å². The molecule has 0 fully saturated rings. The van der Waals surface area contributed by atoms with Gasteiger partial charge < -0.3 is 4.74 Å². The fourth-order valence-electron chi connectivity index (χ4n) is 0.785. The summed E-state index contributed by atoms with van der Waals surface area (Å²) in [6.07, 6.45) is -3.84. The summed E-state index contributed by atoms with van der Waals surface area (Å²) in [4.78, 5) is 10.8. The lowest BCUT2D eigenvalue weighted by atomic mass is 10.3. The van der Waals surface area contributed by atoms with Crippen LogP contribution in [-0.2, 0) is 29.6 Å². The van der Waals surface area contributed by atoms with E-state index in [2.05, 4.69) is 11.3 Å². The number of esters is 1. The number of sulfonamides is 2. The summed E-state index contributed by atoms with van der Waals surface area (Å²) in [7, 11) is -13.4. The summed E-state index contributed by atoms with van der Waals surface area (Å²) in [5, 5.41) is -5.64. The van der Waals surface area contributed by atoms with E-state index >= 15 is 0 Å². The maximum Gasteiger partial charge on any atom is 0.512 e. The van der Waals surface area contributed by atoms with Crippen LogP contribution >= 0.6 is 0 Å². The number of nitrogens with one attached hydrogen (secondary N) is 1. The molecule has 0 aromatic carbocycles. The van der Waals surface area contributed by atoms with Crippen molar-refractivity contribution in [3.8, 4) is 0 Å². The van der Waals surface area contributed by atoms with Crippen LogP contribution in [0.25, 0.3) is 0 Å². The molecule has 1 atom stereocenters. The Morgan fingerprint density at radius 1 is 1.13 bits per heavy atom. The zero-order valence-electron chi connectivity index (χ0n) is 11.0. The molecule has 136 valence electrons. The van der Waals surface area contributed by atoms with Crippen LogP contribution in [0.1, 0.15) is 6.92 Å². The van der Waals surface area contributed by atoms with Crippen LogP contribution in [0.4, 0.5) is 26.3 Å². The van der Waals surface area contributed by atoms with Crippen molar-refractivity contribution in [3.05, 3.63) is 12.2 Å². The molecule has 0 heterocycles. The van der Waals surface area contributed by atoms with Gasteiger partial charge >= 0.3 is 26.8 Å². The normalized spacial score (nSPS) is 15.1. The van der Waals surface area contributed by atoms with Gasteiger partial charge in [0.15, 0.2) is 0 Å². The van der Waals surface area contributed by atoms with Gasteiger partial charge in [-0.3, -0.25) is 0 Å². The van der Waals surface area contributed by atoms with E-state index in [9.17, 15) is 48.0 Å². The van der Waals surface area contributed by atoms with Crippen molar-refractivity contribution < 1.29 is 52.7 Å². The molecule has 0 spiro atoms. The molecule has 0 saturated heterocycles. The van der Waals surface area contributed by atoms with Gasteiger partial charge in [0.2, 0.25) is 6.17 Å². The Morgan fingerprint density at radius 3 is 1.91 bits per heavy atom. The minimum absolute atomic E-state index is 0.324. The molecule has 0 radical (unpaired) electrons. The zero-order chi connectivity index (χ0) is 18.9. The number of carbonyl (C=O) groups is 1. The zero-order valence-corrected chi connectivity index (χ0v) is 12.7. The van der Waals surface area contributed by atoms with Gasteiger partial charge in [0.1, 0.15) is 6.61 Å². The highest BCUT2D eigenvalue weighted by atomic mass is 32.3. The van der Waals surface area contributed by atoms with Gasteiger partial charge in [-0.1, -0.05) is 10.7 Å². The number of halogens is 6. The lowest BCUT2D eigenvalue weighted by Gasteiger charge is -2.21. The summed E-state index contributed by atoms with van der Waals surface area (Å²) >= 11 is 0. The van der Waals surface area contributed by atoms with Crippen LogP contribution < -0.4 is 4.13 Å². The van der Waals surface area contributed by atoms with Crippen molar-refractivity contribution in [2.45, 2.75) is 23.9 Å². The van der Waals surface area contributed by atoms with E-state index < -0.39 is 49.6 Å². The van der Waals surface area contributed by atoms with Gasteiger partial charge in [0.25, 0.3) is 10.0 Å². The number of rotatable bonds is 7. The molecule has 23 heavy (non-hydrogen) atoms. The van der Waals surface area contributed by atoms with Gasteiger partial charge in [0, 0.05) is 5.57 Å². The Bertz CT molecular complexity index is 682. The van der Waals surface area contributed by atoms with E-state index in [4.69, 9.17) is 0 Å². The van der Waals surface area contributed by atoms with E-state index in [1.165, 1.54) is 0 Å². The lowest BCUT2D eigenvalue weighted by molar-refractivity contribution is -0.143. The number of alkyl halides is 6. The van der Waals surface area contributed by atoms with Crippen LogP contribution in [0.3, 0.4) is 0 Å². The summed E-state index contributed by atoms with van der Waals surface area (Å²) in [5.41, 5.74) is -6.59.